The summed E-state index contributed by atoms with van der Waals surface area (Å²) in [5.74, 6) is 0.690. The monoisotopic (exact) mass is 360 g/mol. The van der Waals surface area contributed by atoms with E-state index in [0.29, 0.717) is 16.1 Å². The highest BCUT2D eigenvalue weighted by Crippen LogP contribution is 2.26. The van der Waals surface area contributed by atoms with Gasteiger partial charge in [0.15, 0.2) is 0 Å². The zero-order chi connectivity index (χ0) is 14.8. The van der Waals surface area contributed by atoms with Gasteiger partial charge in [0.05, 0.1) is 4.90 Å². The van der Waals surface area contributed by atoms with Gasteiger partial charge in [0.1, 0.15) is 0 Å². The van der Waals surface area contributed by atoms with Crippen molar-refractivity contribution in [2.24, 2.45) is 5.92 Å². The summed E-state index contributed by atoms with van der Waals surface area (Å²) in [5.41, 5.74) is 6.22. The summed E-state index contributed by atoms with van der Waals surface area (Å²) in [7, 11) is -3.47. The molecule has 6 heteroatoms. The van der Waals surface area contributed by atoms with Gasteiger partial charge in [0, 0.05) is 16.2 Å². The molecule has 0 spiro atoms. The number of halogens is 1. The quantitative estimate of drug-likeness (QED) is 0.641. The fraction of sp³-hybridized carbons (Fsp3) is 0.571. The van der Waals surface area contributed by atoms with E-state index in [0.717, 1.165) is 25.7 Å². The van der Waals surface area contributed by atoms with Crippen LogP contribution in [-0.2, 0) is 10.0 Å². The number of nitrogens with two attached hydrogens (primary N) is 1. The van der Waals surface area contributed by atoms with Gasteiger partial charge in [0.2, 0.25) is 10.0 Å². The Hall–Kier alpha value is -0.590. The summed E-state index contributed by atoms with van der Waals surface area (Å²) >= 11 is 3.27. The predicted octanol–water partition coefficient (Wildman–Crippen LogP) is 3.28. The number of nitrogens with one attached hydrogen (secondary N) is 1. The summed E-state index contributed by atoms with van der Waals surface area (Å²) in [5, 5.41) is 0. The van der Waals surface area contributed by atoms with E-state index in [-0.39, 0.29) is 10.9 Å². The van der Waals surface area contributed by atoms with Crippen molar-refractivity contribution in [1.82, 2.24) is 4.72 Å². The van der Waals surface area contributed by atoms with Crippen LogP contribution in [0, 0.1) is 5.92 Å². The Morgan fingerprint density at radius 2 is 2.00 bits per heavy atom. The molecular weight excluding hydrogens is 340 g/mol. The molecule has 2 rings (SSSR count). The Labute approximate surface area is 129 Å². The Morgan fingerprint density at radius 1 is 1.25 bits per heavy atom. The van der Waals surface area contributed by atoms with Gasteiger partial charge in [-0.15, -0.1) is 0 Å². The average molecular weight is 361 g/mol. The van der Waals surface area contributed by atoms with Crippen LogP contribution in [0.3, 0.4) is 0 Å². The maximum Gasteiger partial charge on any atom is 0.240 e. The number of hydrogen-bond donors (Lipinski definition) is 2. The molecule has 1 aliphatic carbocycles. The number of hydrogen-bond acceptors (Lipinski definition) is 3. The van der Waals surface area contributed by atoms with Gasteiger partial charge < -0.3 is 5.73 Å². The Balaban J connectivity index is 2.12. The standard InChI is InChI=1S/C14H21BrN2O2S/c1-10-3-2-4-11(6-5-10)17-20(18,19)12-7-8-14(16)13(15)9-12/h7-11,17H,2-6,16H2,1H3. The summed E-state index contributed by atoms with van der Waals surface area (Å²) in [6.07, 6.45) is 5.18. The normalized spacial score (nSPS) is 24.3. The Bertz CT molecular complexity index is 575. The van der Waals surface area contributed by atoms with E-state index in [1.165, 1.54) is 6.42 Å². The lowest BCUT2D eigenvalue weighted by Gasteiger charge is -2.17. The summed E-state index contributed by atoms with van der Waals surface area (Å²) in [6, 6.07) is 4.74. The van der Waals surface area contributed by atoms with Gasteiger partial charge in [0.25, 0.3) is 0 Å². The first kappa shape index (κ1) is 15.8. The molecule has 2 atom stereocenters. The first-order valence-corrected chi connectivity index (χ1v) is 9.23. The summed E-state index contributed by atoms with van der Waals surface area (Å²) in [6.45, 7) is 2.23. The van der Waals surface area contributed by atoms with E-state index in [4.69, 9.17) is 5.73 Å². The molecule has 0 aromatic heterocycles. The van der Waals surface area contributed by atoms with E-state index in [2.05, 4.69) is 27.6 Å². The minimum absolute atomic E-state index is 0.0429. The maximum atomic E-state index is 12.4. The molecule has 0 radical (unpaired) electrons. The molecule has 0 bridgehead atoms. The van der Waals surface area contributed by atoms with Crippen LogP contribution in [-0.4, -0.2) is 14.5 Å². The molecule has 1 aromatic carbocycles. The molecule has 1 fully saturated rings. The van der Waals surface area contributed by atoms with Crippen molar-refractivity contribution in [1.29, 1.82) is 0 Å². The number of rotatable bonds is 3. The lowest BCUT2D eigenvalue weighted by Crippen LogP contribution is -2.34. The Kier molecular flexibility index (Phi) is 5.09. The molecular formula is C14H21BrN2O2S. The summed E-state index contributed by atoms with van der Waals surface area (Å²) < 4.78 is 28.2. The molecule has 1 saturated carbocycles. The van der Waals surface area contributed by atoms with E-state index in [1.807, 2.05) is 0 Å². The number of benzene rings is 1. The highest BCUT2D eigenvalue weighted by Gasteiger charge is 2.23. The van der Waals surface area contributed by atoms with Crippen LogP contribution >= 0.6 is 15.9 Å². The maximum absolute atomic E-state index is 12.4. The zero-order valence-electron chi connectivity index (χ0n) is 11.6. The average Bonchev–Trinajstić information content (AvgIpc) is 2.57. The largest absolute Gasteiger partial charge is 0.398 e. The van der Waals surface area contributed by atoms with E-state index in [9.17, 15) is 8.42 Å². The second kappa shape index (κ2) is 6.45. The molecule has 0 heterocycles. The molecule has 1 aromatic rings. The predicted molar refractivity (Wildman–Crippen MR) is 84.9 cm³/mol. The van der Waals surface area contributed by atoms with Gasteiger partial charge in [-0.2, -0.15) is 0 Å². The summed E-state index contributed by atoms with van der Waals surface area (Å²) in [4.78, 5) is 0.260. The zero-order valence-corrected chi connectivity index (χ0v) is 14.0. The highest BCUT2D eigenvalue weighted by molar-refractivity contribution is 9.10. The highest BCUT2D eigenvalue weighted by atomic mass is 79.9. The fourth-order valence-corrected chi connectivity index (χ4v) is 4.43. The SMILES string of the molecule is CC1CCCC(NS(=O)(=O)c2ccc(N)c(Br)c2)CC1. The number of nitrogen functional groups attached to an aromatic ring is 1. The third kappa shape index (κ3) is 3.96. The van der Waals surface area contributed by atoms with Gasteiger partial charge in [-0.1, -0.05) is 19.8 Å². The lowest BCUT2D eigenvalue weighted by molar-refractivity contribution is 0.484. The minimum Gasteiger partial charge on any atom is -0.398 e. The number of anilines is 1. The number of sulfonamides is 1. The van der Waals surface area contributed by atoms with Gasteiger partial charge in [-0.3, -0.25) is 0 Å². The third-order valence-electron chi connectivity index (χ3n) is 3.86. The molecule has 0 saturated heterocycles. The van der Waals surface area contributed by atoms with Crippen molar-refractivity contribution in [2.75, 3.05) is 5.73 Å². The van der Waals surface area contributed by atoms with Crippen molar-refractivity contribution in [3.05, 3.63) is 22.7 Å². The molecule has 4 nitrogen and oxygen atoms in total. The van der Waals surface area contributed by atoms with Crippen molar-refractivity contribution < 1.29 is 8.42 Å². The van der Waals surface area contributed by atoms with Crippen LogP contribution in [0.1, 0.15) is 39.0 Å². The third-order valence-corrected chi connectivity index (χ3v) is 6.07. The van der Waals surface area contributed by atoms with Crippen LogP contribution in [0.15, 0.2) is 27.6 Å². The molecule has 20 heavy (non-hydrogen) atoms. The van der Waals surface area contributed by atoms with Crippen LogP contribution in [0.5, 0.6) is 0 Å². The van der Waals surface area contributed by atoms with Gasteiger partial charge in [-0.05, 0) is 59.3 Å². The second-order valence-electron chi connectivity index (χ2n) is 5.61. The smallest absolute Gasteiger partial charge is 0.240 e. The topological polar surface area (TPSA) is 72.2 Å². The van der Waals surface area contributed by atoms with E-state index >= 15 is 0 Å². The van der Waals surface area contributed by atoms with Crippen LogP contribution in [0.2, 0.25) is 0 Å². The van der Waals surface area contributed by atoms with Gasteiger partial charge >= 0.3 is 0 Å². The van der Waals surface area contributed by atoms with Crippen molar-refractivity contribution >= 4 is 31.6 Å². The molecule has 1 aliphatic rings. The van der Waals surface area contributed by atoms with Crippen LogP contribution in [0.25, 0.3) is 0 Å². The molecule has 0 amide bonds. The molecule has 112 valence electrons. The Morgan fingerprint density at radius 3 is 2.70 bits per heavy atom. The second-order valence-corrected chi connectivity index (χ2v) is 8.18. The minimum atomic E-state index is -3.47. The van der Waals surface area contributed by atoms with Crippen LogP contribution in [0.4, 0.5) is 5.69 Å². The van der Waals surface area contributed by atoms with Gasteiger partial charge in [-0.25, -0.2) is 13.1 Å². The molecule has 2 unspecified atom stereocenters. The fourth-order valence-electron chi connectivity index (χ4n) is 2.57. The van der Waals surface area contributed by atoms with Crippen LogP contribution < -0.4 is 10.5 Å². The van der Waals surface area contributed by atoms with Crippen molar-refractivity contribution in [3.8, 4) is 0 Å². The lowest BCUT2D eigenvalue weighted by atomic mass is 10.0. The first-order chi connectivity index (χ1) is 9.38. The van der Waals surface area contributed by atoms with E-state index < -0.39 is 10.0 Å². The molecule has 3 N–H and O–H groups in total. The van der Waals surface area contributed by atoms with E-state index in [1.54, 1.807) is 18.2 Å². The van der Waals surface area contributed by atoms with Crippen molar-refractivity contribution in [3.63, 3.8) is 0 Å². The molecule has 0 aliphatic heterocycles. The first-order valence-electron chi connectivity index (χ1n) is 6.96. The van der Waals surface area contributed by atoms with Crippen molar-refractivity contribution in [2.45, 2.75) is 50.0 Å².